The van der Waals surface area contributed by atoms with Crippen molar-refractivity contribution in [3.8, 4) is 0 Å². The molecule has 6 heteroatoms. The second-order valence-electron chi connectivity index (χ2n) is 5.48. The molecule has 1 saturated heterocycles. The maximum Gasteiger partial charge on any atom is 0.233 e. The number of amides is 2. The Labute approximate surface area is 114 Å². The van der Waals surface area contributed by atoms with E-state index in [4.69, 9.17) is 5.73 Å². The Balaban J connectivity index is 1.79. The zero-order chi connectivity index (χ0) is 13.8. The first kappa shape index (κ1) is 14.3. The molecule has 3 N–H and O–H groups in total. The summed E-state index contributed by atoms with van der Waals surface area (Å²) in [6.45, 7) is 3.36. The summed E-state index contributed by atoms with van der Waals surface area (Å²) in [6, 6.07) is 0.0383. The number of hydrogen-bond acceptors (Lipinski definition) is 4. The van der Waals surface area contributed by atoms with Gasteiger partial charge in [-0.25, -0.2) is 0 Å². The lowest BCUT2D eigenvalue weighted by molar-refractivity contribution is -0.137. The molecule has 0 radical (unpaired) electrons. The monoisotopic (exact) mass is 268 g/mol. The lowest BCUT2D eigenvalue weighted by Gasteiger charge is -2.36. The van der Waals surface area contributed by atoms with Crippen LogP contribution in [0.5, 0.6) is 0 Å². The first-order valence-corrected chi connectivity index (χ1v) is 7.09. The first-order chi connectivity index (χ1) is 9.11. The third-order valence-electron chi connectivity index (χ3n) is 4.22. The molecule has 0 spiro atoms. The third kappa shape index (κ3) is 3.45. The maximum absolute atomic E-state index is 12.3. The number of rotatable bonds is 3. The molecule has 1 saturated carbocycles. The predicted octanol–water partition coefficient (Wildman–Crippen LogP) is -0.996. The Morgan fingerprint density at radius 1 is 1.21 bits per heavy atom. The molecule has 2 aliphatic rings. The number of piperazine rings is 1. The molecule has 2 amide bonds. The highest BCUT2D eigenvalue weighted by molar-refractivity contribution is 5.80. The molecular weight excluding hydrogens is 244 g/mol. The van der Waals surface area contributed by atoms with E-state index in [1.165, 1.54) is 0 Å². The van der Waals surface area contributed by atoms with Crippen molar-refractivity contribution >= 4 is 11.8 Å². The van der Waals surface area contributed by atoms with Crippen LogP contribution in [0.2, 0.25) is 0 Å². The minimum Gasteiger partial charge on any atom is -0.358 e. The highest BCUT2D eigenvalue weighted by Gasteiger charge is 2.34. The van der Waals surface area contributed by atoms with Crippen molar-refractivity contribution in [3.05, 3.63) is 0 Å². The maximum atomic E-state index is 12.3. The summed E-state index contributed by atoms with van der Waals surface area (Å²) in [5.41, 5.74) is 5.99. The van der Waals surface area contributed by atoms with E-state index in [1.807, 2.05) is 4.90 Å². The van der Waals surface area contributed by atoms with Gasteiger partial charge in [-0.3, -0.25) is 14.5 Å². The van der Waals surface area contributed by atoms with Gasteiger partial charge in [0.25, 0.3) is 0 Å². The molecular formula is C13H24N4O2. The Hall–Kier alpha value is -1.14. The SMILES string of the molecule is CNC(=O)CN1CCN(C(=O)C2CCCC2N)CC1. The fraction of sp³-hybridized carbons (Fsp3) is 0.846. The molecule has 2 atom stereocenters. The van der Waals surface area contributed by atoms with Crippen molar-refractivity contribution in [3.63, 3.8) is 0 Å². The van der Waals surface area contributed by atoms with E-state index in [0.717, 1.165) is 32.4 Å². The van der Waals surface area contributed by atoms with Crippen LogP contribution < -0.4 is 11.1 Å². The molecule has 0 bridgehead atoms. The van der Waals surface area contributed by atoms with Crippen molar-refractivity contribution in [1.29, 1.82) is 0 Å². The van der Waals surface area contributed by atoms with E-state index in [2.05, 4.69) is 10.2 Å². The highest BCUT2D eigenvalue weighted by Crippen LogP contribution is 2.26. The quantitative estimate of drug-likeness (QED) is 0.688. The minimum absolute atomic E-state index is 0.0190. The number of hydrogen-bond donors (Lipinski definition) is 2. The van der Waals surface area contributed by atoms with Gasteiger partial charge in [-0.1, -0.05) is 6.42 Å². The Kier molecular flexibility index (Phi) is 4.76. The summed E-state index contributed by atoms with van der Waals surface area (Å²) in [5, 5.41) is 2.62. The minimum atomic E-state index is 0.0190. The van der Waals surface area contributed by atoms with Crippen molar-refractivity contribution in [1.82, 2.24) is 15.1 Å². The molecule has 2 fully saturated rings. The van der Waals surface area contributed by atoms with Crippen LogP contribution in [0.3, 0.4) is 0 Å². The molecule has 2 unspecified atom stereocenters. The topological polar surface area (TPSA) is 78.7 Å². The molecule has 1 aliphatic carbocycles. The van der Waals surface area contributed by atoms with Gasteiger partial charge in [0.1, 0.15) is 0 Å². The molecule has 1 heterocycles. The number of nitrogens with zero attached hydrogens (tertiary/aromatic N) is 2. The molecule has 0 aromatic rings. The summed E-state index contributed by atoms with van der Waals surface area (Å²) < 4.78 is 0. The third-order valence-corrected chi connectivity index (χ3v) is 4.22. The van der Waals surface area contributed by atoms with Gasteiger partial charge in [-0.15, -0.1) is 0 Å². The van der Waals surface area contributed by atoms with E-state index in [-0.39, 0.29) is 23.8 Å². The van der Waals surface area contributed by atoms with Crippen molar-refractivity contribution in [2.24, 2.45) is 11.7 Å². The predicted molar refractivity (Wildman–Crippen MR) is 72.4 cm³/mol. The van der Waals surface area contributed by atoms with Gasteiger partial charge in [0, 0.05) is 39.3 Å². The smallest absolute Gasteiger partial charge is 0.233 e. The van der Waals surface area contributed by atoms with Gasteiger partial charge in [0.2, 0.25) is 11.8 Å². The van der Waals surface area contributed by atoms with Gasteiger partial charge in [0.15, 0.2) is 0 Å². The molecule has 2 rings (SSSR count). The van der Waals surface area contributed by atoms with Gasteiger partial charge in [0.05, 0.1) is 12.5 Å². The molecule has 0 aromatic heterocycles. The van der Waals surface area contributed by atoms with Crippen LogP contribution >= 0.6 is 0 Å². The van der Waals surface area contributed by atoms with Gasteiger partial charge in [-0.2, -0.15) is 0 Å². The van der Waals surface area contributed by atoms with Gasteiger partial charge >= 0.3 is 0 Å². The van der Waals surface area contributed by atoms with E-state index >= 15 is 0 Å². The van der Waals surface area contributed by atoms with Crippen LogP contribution in [0.15, 0.2) is 0 Å². The van der Waals surface area contributed by atoms with Crippen LogP contribution in [-0.4, -0.2) is 67.4 Å². The second-order valence-corrected chi connectivity index (χ2v) is 5.48. The van der Waals surface area contributed by atoms with E-state index in [1.54, 1.807) is 7.05 Å². The van der Waals surface area contributed by atoms with E-state index in [9.17, 15) is 9.59 Å². The largest absolute Gasteiger partial charge is 0.358 e. The number of nitrogens with one attached hydrogen (secondary N) is 1. The average molecular weight is 268 g/mol. The highest BCUT2D eigenvalue weighted by atomic mass is 16.2. The van der Waals surface area contributed by atoms with Crippen LogP contribution in [0, 0.1) is 5.92 Å². The summed E-state index contributed by atoms with van der Waals surface area (Å²) in [4.78, 5) is 27.6. The van der Waals surface area contributed by atoms with Gasteiger partial charge in [-0.05, 0) is 12.8 Å². The fourth-order valence-corrected chi connectivity index (χ4v) is 2.94. The van der Waals surface area contributed by atoms with Crippen LogP contribution in [0.1, 0.15) is 19.3 Å². The number of carbonyl (C=O) groups excluding carboxylic acids is 2. The second kappa shape index (κ2) is 6.34. The van der Waals surface area contributed by atoms with Crippen LogP contribution in [0.4, 0.5) is 0 Å². The van der Waals surface area contributed by atoms with Crippen LogP contribution in [0.25, 0.3) is 0 Å². The zero-order valence-corrected chi connectivity index (χ0v) is 11.6. The van der Waals surface area contributed by atoms with Crippen molar-refractivity contribution in [2.75, 3.05) is 39.8 Å². The van der Waals surface area contributed by atoms with Gasteiger partial charge < -0.3 is 16.0 Å². The van der Waals surface area contributed by atoms with Crippen molar-refractivity contribution in [2.45, 2.75) is 25.3 Å². The summed E-state index contributed by atoms with van der Waals surface area (Å²) >= 11 is 0. The average Bonchev–Trinajstić information content (AvgIpc) is 2.85. The summed E-state index contributed by atoms with van der Waals surface area (Å²) in [7, 11) is 1.64. The van der Waals surface area contributed by atoms with Crippen molar-refractivity contribution < 1.29 is 9.59 Å². The molecule has 0 aromatic carbocycles. The zero-order valence-electron chi connectivity index (χ0n) is 11.6. The first-order valence-electron chi connectivity index (χ1n) is 7.09. The lowest BCUT2D eigenvalue weighted by atomic mass is 10.0. The van der Waals surface area contributed by atoms with E-state index in [0.29, 0.717) is 19.6 Å². The summed E-state index contributed by atoms with van der Waals surface area (Å²) in [6.07, 6.45) is 2.96. The standard InChI is InChI=1S/C13H24N4O2/c1-15-12(18)9-16-5-7-17(8-6-16)13(19)10-3-2-4-11(10)14/h10-11H,2-9,14H2,1H3,(H,15,18). The summed E-state index contributed by atoms with van der Waals surface area (Å²) in [5.74, 6) is 0.257. The number of carbonyl (C=O) groups is 2. The van der Waals surface area contributed by atoms with Crippen LogP contribution in [-0.2, 0) is 9.59 Å². The Bertz CT molecular complexity index is 340. The molecule has 6 nitrogen and oxygen atoms in total. The molecule has 19 heavy (non-hydrogen) atoms. The number of likely N-dealkylation sites (N-methyl/N-ethyl adjacent to an activating group) is 1. The molecule has 1 aliphatic heterocycles. The molecule has 108 valence electrons. The fourth-order valence-electron chi connectivity index (χ4n) is 2.94. The Morgan fingerprint density at radius 3 is 2.42 bits per heavy atom. The van der Waals surface area contributed by atoms with E-state index < -0.39 is 0 Å². The lowest BCUT2D eigenvalue weighted by Crippen LogP contribution is -2.53. The normalized spacial score (nSPS) is 28.4. The Morgan fingerprint density at radius 2 is 1.89 bits per heavy atom. The number of nitrogens with two attached hydrogens (primary N) is 1.